The number of aromatic nitrogens is 2. The minimum atomic E-state index is -3.45. The number of nitrogens with zero attached hydrogens (tertiary/aromatic N) is 5. The average Bonchev–Trinajstić information content (AvgIpc) is 2.87. The van der Waals surface area contributed by atoms with Crippen LogP contribution in [-0.2, 0) is 9.09 Å². The van der Waals surface area contributed by atoms with Gasteiger partial charge in [0, 0.05) is 19.4 Å². The van der Waals surface area contributed by atoms with Gasteiger partial charge >= 0.3 is 13.5 Å². The Morgan fingerprint density at radius 1 is 1.30 bits per heavy atom. The van der Waals surface area contributed by atoms with Crippen molar-refractivity contribution in [1.82, 2.24) is 20.2 Å². The SMILES string of the molecule is CN(N=O)C1=NC2(CCCCC2)[P@](=O)(NNc2ncccn2)O1. The first kappa shape index (κ1) is 15.8. The summed E-state index contributed by atoms with van der Waals surface area (Å²) < 4.78 is 18.9. The molecule has 2 heterocycles. The van der Waals surface area contributed by atoms with Crippen LogP contribution in [0.25, 0.3) is 0 Å². The zero-order chi connectivity index (χ0) is 16.3. The maximum atomic E-state index is 13.4. The summed E-state index contributed by atoms with van der Waals surface area (Å²) in [6, 6.07) is 1.64. The monoisotopic (exact) mass is 339 g/mol. The zero-order valence-corrected chi connectivity index (χ0v) is 13.6. The highest BCUT2D eigenvalue weighted by Gasteiger charge is 2.57. The first-order valence-electron chi connectivity index (χ1n) is 7.35. The fourth-order valence-corrected chi connectivity index (χ4v) is 4.95. The van der Waals surface area contributed by atoms with Gasteiger partial charge in [0.05, 0.1) is 5.29 Å². The quantitative estimate of drug-likeness (QED) is 0.487. The molecular formula is C12H18N7O3P. The summed E-state index contributed by atoms with van der Waals surface area (Å²) in [5.41, 5.74) is 2.72. The van der Waals surface area contributed by atoms with Crippen LogP contribution in [0.3, 0.4) is 0 Å². The molecule has 2 aliphatic rings. The molecule has 0 bridgehead atoms. The average molecular weight is 339 g/mol. The van der Waals surface area contributed by atoms with Crippen molar-refractivity contribution < 1.29 is 9.09 Å². The molecule has 1 aliphatic heterocycles. The van der Waals surface area contributed by atoms with Crippen LogP contribution in [0.5, 0.6) is 0 Å². The van der Waals surface area contributed by atoms with Crippen molar-refractivity contribution in [3.63, 3.8) is 0 Å². The summed E-state index contributed by atoms with van der Waals surface area (Å²) in [7, 11) is -2.04. The molecule has 3 rings (SSSR count). The number of nitrogens with one attached hydrogen (secondary N) is 2. The van der Waals surface area contributed by atoms with E-state index < -0.39 is 12.8 Å². The minimum absolute atomic E-state index is 0.0338. The highest BCUT2D eigenvalue weighted by molar-refractivity contribution is 7.59. The molecule has 1 aliphatic carbocycles. The van der Waals surface area contributed by atoms with Crippen molar-refractivity contribution in [3.8, 4) is 0 Å². The minimum Gasteiger partial charge on any atom is -0.396 e. The lowest BCUT2D eigenvalue weighted by atomic mass is 9.95. The van der Waals surface area contributed by atoms with Gasteiger partial charge in [0.15, 0.2) is 5.28 Å². The fourth-order valence-electron chi connectivity index (χ4n) is 2.77. The van der Waals surface area contributed by atoms with Crippen LogP contribution < -0.4 is 10.6 Å². The van der Waals surface area contributed by atoms with Gasteiger partial charge in [-0.15, -0.1) is 10.1 Å². The summed E-state index contributed by atoms with van der Waals surface area (Å²) in [6.07, 6.45) is 7.20. The molecular weight excluding hydrogens is 321 g/mol. The maximum Gasteiger partial charge on any atom is 0.363 e. The molecule has 11 heteroatoms. The first-order chi connectivity index (χ1) is 11.1. The van der Waals surface area contributed by atoms with Crippen molar-refractivity contribution in [2.45, 2.75) is 37.4 Å². The lowest BCUT2D eigenvalue weighted by Gasteiger charge is -2.33. The Bertz CT molecular complexity index is 647. The number of anilines is 1. The second kappa shape index (κ2) is 6.21. The first-order valence-corrected chi connectivity index (χ1v) is 8.98. The Kier molecular flexibility index (Phi) is 4.27. The third-order valence-corrected chi connectivity index (χ3v) is 6.47. The number of rotatable bonds is 4. The Morgan fingerprint density at radius 3 is 2.65 bits per heavy atom. The van der Waals surface area contributed by atoms with E-state index in [2.05, 4.69) is 30.9 Å². The van der Waals surface area contributed by atoms with Crippen molar-refractivity contribution >= 4 is 19.5 Å². The molecule has 0 saturated heterocycles. The van der Waals surface area contributed by atoms with Gasteiger partial charge in [-0.1, -0.05) is 19.3 Å². The molecule has 10 nitrogen and oxygen atoms in total. The van der Waals surface area contributed by atoms with Gasteiger partial charge in [-0.3, -0.25) is 9.99 Å². The molecule has 2 N–H and O–H groups in total. The van der Waals surface area contributed by atoms with Gasteiger partial charge < -0.3 is 4.52 Å². The van der Waals surface area contributed by atoms with Gasteiger partial charge in [0.25, 0.3) is 0 Å². The lowest BCUT2D eigenvalue weighted by molar-refractivity contribution is 0.360. The van der Waals surface area contributed by atoms with Crippen molar-refractivity contribution in [1.29, 1.82) is 0 Å². The number of aliphatic imine (C=N–C) groups is 1. The smallest absolute Gasteiger partial charge is 0.363 e. The largest absolute Gasteiger partial charge is 0.396 e. The number of amidine groups is 1. The van der Waals surface area contributed by atoms with Crippen molar-refractivity contribution in [2.75, 3.05) is 12.5 Å². The molecule has 1 spiro atoms. The number of nitroso groups, excluding NO2 is 1. The van der Waals surface area contributed by atoms with E-state index in [1.54, 1.807) is 18.5 Å². The highest BCUT2D eigenvalue weighted by atomic mass is 31.2. The second-order valence-corrected chi connectivity index (χ2v) is 7.84. The van der Waals surface area contributed by atoms with Crippen LogP contribution in [0.1, 0.15) is 32.1 Å². The van der Waals surface area contributed by atoms with Crippen LogP contribution >= 0.6 is 7.52 Å². The van der Waals surface area contributed by atoms with Crippen LogP contribution in [0.15, 0.2) is 28.7 Å². The topological polar surface area (TPSA) is 121 Å². The van der Waals surface area contributed by atoms with Crippen LogP contribution in [0, 0.1) is 4.91 Å². The predicted molar refractivity (Wildman–Crippen MR) is 84.3 cm³/mol. The Morgan fingerprint density at radius 2 is 2.00 bits per heavy atom. The lowest BCUT2D eigenvalue weighted by Crippen LogP contribution is -2.35. The summed E-state index contributed by atoms with van der Waals surface area (Å²) in [5, 5.41) is 5.54. The maximum absolute atomic E-state index is 13.4. The molecule has 1 fully saturated rings. The van der Waals surface area contributed by atoms with Crippen LogP contribution in [0.2, 0.25) is 0 Å². The third-order valence-electron chi connectivity index (χ3n) is 4.00. The van der Waals surface area contributed by atoms with Crippen molar-refractivity contribution in [2.24, 2.45) is 10.3 Å². The van der Waals surface area contributed by atoms with E-state index in [1.807, 2.05) is 0 Å². The van der Waals surface area contributed by atoms with Crippen LogP contribution in [-0.4, -0.2) is 33.3 Å². The normalized spacial score (nSPS) is 25.5. The van der Waals surface area contributed by atoms with Gasteiger partial charge in [-0.2, -0.15) is 5.01 Å². The van der Waals surface area contributed by atoms with Crippen LogP contribution in [0.4, 0.5) is 5.95 Å². The molecule has 0 unspecified atom stereocenters. The predicted octanol–water partition coefficient (Wildman–Crippen LogP) is 2.25. The third kappa shape index (κ3) is 2.91. The van der Waals surface area contributed by atoms with E-state index >= 15 is 0 Å². The molecule has 1 atom stereocenters. The molecule has 1 saturated carbocycles. The van der Waals surface area contributed by atoms with E-state index in [9.17, 15) is 9.47 Å². The molecule has 124 valence electrons. The van der Waals surface area contributed by atoms with Gasteiger partial charge in [0.2, 0.25) is 5.95 Å². The summed E-state index contributed by atoms with van der Waals surface area (Å²) >= 11 is 0. The standard InChI is InChI=1S/C12H18N7O3P/c1-19(18-20)11-15-12(6-3-2-4-7-12)23(21,22-11)17-16-10-13-8-5-9-14-10/h5,8-9H,2-4,6-7H2,1H3,(H,17,21)(H,13,14,16)/t23-/m1/s1. The highest BCUT2D eigenvalue weighted by Crippen LogP contribution is 2.65. The van der Waals surface area contributed by atoms with Crippen molar-refractivity contribution in [3.05, 3.63) is 23.4 Å². The molecule has 23 heavy (non-hydrogen) atoms. The molecule has 1 aromatic rings. The Labute approximate surface area is 133 Å². The van der Waals surface area contributed by atoms with E-state index in [4.69, 9.17) is 4.52 Å². The summed E-state index contributed by atoms with van der Waals surface area (Å²) in [5.74, 6) is 0.271. The molecule has 0 aromatic carbocycles. The molecule has 0 radical (unpaired) electrons. The van der Waals surface area contributed by atoms with E-state index in [1.165, 1.54) is 7.05 Å². The number of hydrogen-bond acceptors (Lipinski definition) is 8. The zero-order valence-electron chi connectivity index (χ0n) is 12.7. The number of hydrogen-bond donors (Lipinski definition) is 2. The summed E-state index contributed by atoms with van der Waals surface area (Å²) in [6.45, 7) is 0. The van der Waals surface area contributed by atoms with Gasteiger partial charge in [0.1, 0.15) is 0 Å². The number of hydrazine groups is 1. The van der Waals surface area contributed by atoms with Gasteiger partial charge in [-0.25, -0.2) is 15.0 Å². The fraction of sp³-hybridized carbons (Fsp3) is 0.583. The second-order valence-electron chi connectivity index (χ2n) is 5.49. The van der Waals surface area contributed by atoms with E-state index in [0.29, 0.717) is 12.8 Å². The Balaban J connectivity index is 1.83. The van der Waals surface area contributed by atoms with E-state index in [0.717, 1.165) is 24.3 Å². The summed E-state index contributed by atoms with van der Waals surface area (Å²) in [4.78, 5) is 23.2. The van der Waals surface area contributed by atoms with Gasteiger partial charge in [-0.05, 0) is 18.9 Å². The Hall–Kier alpha value is -2.06. The molecule has 1 aromatic heterocycles. The molecule has 0 amide bonds. The van der Waals surface area contributed by atoms with E-state index in [-0.39, 0.29) is 12.0 Å².